The SMILES string of the molecule is CC(C)n1cnnc1S[C@@H](C)C(=O)c1c[nH]c2ccccc12. The van der Waals surface area contributed by atoms with Gasteiger partial charge in [0, 0.05) is 28.7 Å². The molecule has 0 spiro atoms. The van der Waals surface area contributed by atoms with Crippen LogP contribution >= 0.6 is 11.8 Å². The molecule has 0 bridgehead atoms. The van der Waals surface area contributed by atoms with E-state index in [1.165, 1.54) is 11.8 Å². The molecule has 0 amide bonds. The Labute approximate surface area is 133 Å². The third-order valence-electron chi connectivity index (χ3n) is 3.60. The molecule has 0 saturated carbocycles. The summed E-state index contributed by atoms with van der Waals surface area (Å²) in [5.41, 5.74) is 1.71. The van der Waals surface area contributed by atoms with E-state index in [1.807, 2.05) is 35.8 Å². The number of carbonyl (C=O) groups is 1. The predicted molar refractivity (Wildman–Crippen MR) is 88.4 cm³/mol. The lowest BCUT2D eigenvalue weighted by atomic mass is 10.1. The van der Waals surface area contributed by atoms with Gasteiger partial charge < -0.3 is 9.55 Å². The van der Waals surface area contributed by atoms with Crippen LogP contribution in [-0.4, -0.2) is 30.8 Å². The number of thioether (sulfide) groups is 1. The number of benzene rings is 1. The first-order valence-corrected chi connectivity index (χ1v) is 8.12. The maximum absolute atomic E-state index is 12.7. The Bertz CT molecular complexity index is 805. The van der Waals surface area contributed by atoms with Crippen LogP contribution in [0.15, 0.2) is 41.9 Å². The Balaban J connectivity index is 1.84. The zero-order valence-electron chi connectivity index (χ0n) is 12.8. The summed E-state index contributed by atoms with van der Waals surface area (Å²) in [4.78, 5) is 15.9. The second-order valence-corrected chi connectivity index (χ2v) is 6.79. The van der Waals surface area contributed by atoms with Crippen LogP contribution in [0.5, 0.6) is 0 Å². The fraction of sp³-hybridized carbons (Fsp3) is 0.312. The summed E-state index contributed by atoms with van der Waals surface area (Å²) in [5.74, 6) is 0.0979. The quantitative estimate of drug-likeness (QED) is 0.576. The number of hydrogen-bond donors (Lipinski definition) is 1. The van der Waals surface area contributed by atoms with Crippen molar-refractivity contribution >= 4 is 28.4 Å². The second kappa shape index (κ2) is 5.96. The van der Waals surface area contributed by atoms with Gasteiger partial charge in [0.2, 0.25) is 0 Å². The summed E-state index contributed by atoms with van der Waals surface area (Å²) in [5, 5.41) is 9.58. The first kappa shape index (κ1) is 14.8. The zero-order valence-corrected chi connectivity index (χ0v) is 13.6. The van der Waals surface area contributed by atoms with Gasteiger partial charge in [-0.2, -0.15) is 0 Å². The van der Waals surface area contributed by atoms with Gasteiger partial charge in [-0.15, -0.1) is 10.2 Å². The van der Waals surface area contributed by atoms with Crippen LogP contribution < -0.4 is 0 Å². The molecule has 1 aromatic carbocycles. The summed E-state index contributed by atoms with van der Waals surface area (Å²) < 4.78 is 1.98. The van der Waals surface area contributed by atoms with Gasteiger partial charge in [-0.1, -0.05) is 30.0 Å². The van der Waals surface area contributed by atoms with Crippen LogP contribution in [0.25, 0.3) is 10.9 Å². The van der Waals surface area contributed by atoms with Gasteiger partial charge >= 0.3 is 0 Å². The van der Waals surface area contributed by atoms with E-state index in [0.29, 0.717) is 0 Å². The Morgan fingerprint density at radius 1 is 1.27 bits per heavy atom. The Morgan fingerprint density at radius 3 is 2.82 bits per heavy atom. The van der Waals surface area contributed by atoms with Crippen molar-refractivity contribution in [2.45, 2.75) is 37.2 Å². The summed E-state index contributed by atoms with van der Waals surface area (Å²) >= 11 is 1.45. The molecule has 6 heteroatoms. The molecule has 0 aliphatic rings. The smallest absolute Gasteiger partial charge is 0.191 e. The predicted octanol–water partition coefficient (Wildman–Crippen LogP) is 3.70. The van der Waals surface area contributed by atoms with Crippen molar-refractivity contribution in [3.05, 3.63) is 42.4 Å². The van der Waals surface area contributed by atoms with Crippen molar-refractivity contribution in [3.8, 4) is 0 Å². The van der Waals surface area contributed by atoms with Gasteiger partial charge in [-0.05, 0) is 26.8 Å². The molecule has 1 N–H and O–H groups in total. The topological polar surface area (TPSA) is 63.6 Å². The first-order chi connectivity index (χ1) is 10.6. The van der Waals surface area contributed by atoms with E-state index >= 15 is 0 Å². The maximum Gasteiger partial charge on any atom is 0.191 e. The number of carbonyl (C=O) groups excluding carboxylic acids is 1. The molecule has 2 aromatic heterocycles. The molecule has 1 atom stereocenters. The average molecular weight is 314 g/mol. The van der Waals surface area contributed by atoms with Crippen LogP contribution in [0.3, 0.4) is 0 Å². The summed E-state index contributed by atoms with van der Waals surface area (Å²) in [6, 6.07) is 8.11. The fourth-order valence-electron chi connectivity index (χ4n) is 2.38. The average Bonchev–Trinajstić information content (AvgIpc) is 3.12. The maximum atomic E-state index is 12.7. The highest BCUT2D eigenvalue weighted by atomic mass is 32.2. The summed E-state index contributed by atoms with van der Waals surface area (Å²) in [6.07, 6.45) is 3.49. The number of hydrogen-bond acceptors (Lipinski definition) is 4. The van der Waals surface area contributed by atoms with Crippen molar-refractivity contribution < 1.29 is 4.79 Å². The molecule has 2 heterocycles. The molecular formula is C16H18N4OS. The monoisotopic (exact) mass is 314 g/mol. The van der Waals surface area contributed by atoms with Crippen molar-refractivity contribution in [2.24, 2.45) is 0 Å². The Kier molecular flexibility index (Phi) is 4.02. The number of fused-ring (bicyclic) bond motifs is 1. The highest BCUT2D eigenvalue weighted by molar-refractivity contribution is 8.00. The summed E-state index contributed by atoms with van der Waals surface area (Å²) in [6.45, 7) is 6.05. The minimum absolute atomic E-state index is 0.0979. The molecular weight excluding hydrogens is 296 g/mol. The number of nitrogens with zero attached hydrogens (tertiary/aromatic N) is 3. The van der Waals surface area contributed by atoms with E-state index in [0.717, 1.165) is 21.6 Å². The minimum atomic E-state index is -0.221. The number of ketones is 1. The van der Waals surface area contributed by atoms with Crippen LogP contribution in [0.4, 0.5) is 0 Å². The van der Waals surface area contributed by atoms with Crippen LogP contribution in [0.1, 0.15) is 37.2 Å². The van der Waals surface area contributed by atoms with Gasteiger partial charge in [0.05, 0.1) is 5.25 Å². The molecule has 0 fully saturated rings. The number of aromatic nitrogens is 4. The molecule has 114 valence electrons. The van der Waals surface area contributed by atoms with Crippen LogP contribution in [0.2, 0.25) is 0 Å². The molecule has 3 rings (SSSR count). The van der Waals surface area contributed by atoms with Crippen molar-refractivity contribution in [2.75, 3.05) is 0 Å². The lowest BCUT2D eigenvalue weighted by molar-refractivity contribution is 0.0995. The van der Waals surface area contributed by atoms with E-state index < -0.39 is 0 Å². The molecule has 5 nitrogen and oxygen atoms in total. The lowest BCUT2D eigenvalue weighted by Crippen LogP contribution is -2.14. The number of rotatable bonds is 5. The number of Topliss-reactive ketones (excluding diaryl/α,β-unsaturated/α-hetero) is 1. The van der Waals surface area contributed by atoms with Gasteiger partial charge in [0.15, 0.2) is 10.9 Å². The minimum Gasteiger partial charge on any atom is -0.360 e. The van der Waals surface area contributed by atoms with Gasteiger partial charge in [-0.25, -0.2) is 0 Å². The molecule has 0 aliphatic heterocycles. The van der Waals surface area contributed by atoms with Crippen molar-refractivity contribution in [3.63, 3.8) is 0 Å². The van der Waals surface area contributed by atoms with Crippen LogP contribution in [0, 0.1) is 0 Å². The highest BCUT2D eigenvalue weighted by Gasteiger charge is 2.22. The van der Waals surface area contributed by atoms with Crippen molar-refractivity contribution in [1.82, 2.24) is 19.7 Å². The molecule has 22 heavy (non-hydrogen) atoms. The van der Waals surface area contributed by atoms with E-state index in [4.69, 9.17) is 0 Å². The van der Waals surface area contributed by atoms with Gasteiger partial charge in [0.1, 0.15) is 6.33 Å². The van der Waals surface area contributed by atoms with E-state index in [2.05, 4.69) is 29.0 Å². The molecule has 3 aromatic rings. The third kappa shape index (κ3) is 2.66. The first-order valence-electron chi connectivity index (χ1n) is 7.24. The molecule has 0 saturated heterocycles. The number of aromatic amines is 1. The van der Waals surface area contributed by atoms with Gasteiger partial charge in [-0.3, -0.25) is 4.79 Å². The Morgan fingerprint density at radius 2 is 2.05 bits per heavy atom. The number of H-pyrrole nitrogens is 1. The van der Waals surface area contributed by atoms with Crippen LogP contribution in [-0.2, 0) is 0 Å². The van der Waals surface area contributed by atoms with E-state index in [1.54, 1.807) is 12.5 Å². The number of para-hydroxylation sites is 1. The number of nitrogens with one attached hydrogen (secondary N) is 1. The zero-order chi connectivity index (χ0) is 15.7. The fourth-order valence-corrected chi connectivity index (χ4v) is 3.40. The highest BCUT2D eigenvalue weighted by Crippen LogP contribution is 2.28. The van der Waals surface area contributed by atoms with Gasteiger partial charge in [0.25, 0.3) is 0 Å². The van der Waals surface area contributed by atoms with E-state index in [9.17, 15) is 4.79 Å². The largest absolute Gasteiger partial charge is 0.360 e. The normalized spacial score (nSPS) is 12.9. The van der Waals surface area contributed by atoms with Crippen molar-refractivity contribution in [1.29, 1.82) is 0 Å². The van der Waals surface area contributed by atoms with E-state index in [-0.39, 0.29) is 17.1 Å². The molecule has 0 unspecified atom stereocenters. The second-order valence-electron chi connectivity index (χ2n) is 5.49. The standard InChI is InChI=1S/C16H18N4OS/c1-10(2)20-9-18-19-16(20)22-11(3)15(21)13-8-17-14-7-5-4-6-12(13)14/h4-11,17H,1-3H3/t11-/m0/s1. The molecule has 0 radical (unpaired) electrons. The third-order valence-corrected chi connectivity index (χ3v) is 4.67. The molecule has 0 aliphatic carbocycles. The summed E-state index contributed by atoms with van der Waals surface area (Å²) in [7, 11) is 0. The lowest BCUT2D eigenvalue weighted by Gasteiger charge is -2.12. The Hall–Kier alpha value is -2.08.